The fourth-order valence-electron chi connectivity index (χ4n) is 10.3. The zero-order chi connectivity index (χ0) is 61.9. The number of alkyl carbamates (subject to hydrolysis) is 1. The van der Waals surface area contributed by atoms with E-state index >= 15 is 9.59 Å². The molecule has 5 aromatic rings. The molecular formula is C66H87N9O10. The van der Waals surface area contributed by atoms with Gasteiger partial charge in [0.25, 0.3) is 0 Å². The van der Waals surface area contributed by atoms with Crippen molar-refractivity contribution >= 4 is 47.5 Å². The number of benzene rings is 4. The van der Waals surface area contributed by atoms with E-state index in [1.807, 2.05) is 135 Å². The molecule has 6 rings (SSSR count). The predicted molar refractivity (Wildman–Crippen MR) is 324 cm³/mol. The van der Waals surface area contributed by atoms with Gasteiger partial charge in [-0.15, -0.1) is 0 Å². The van der Waals surface area contributed by atoms with Crippen molar-refractivity contribution in [3.05, 3.63) is 162 Å². The first kappa shape index (κ1) is 65.8. The number of hydrogen-bond acceptors (Lipinski definition) is 11. The van der Waals surface area contributed by atoms with E-state index in [2.05, 4.69) is 37.2 Å². The second-order valence-electron chi connectivity index (χ2n) is 24.3. The van der Waals surface area contributed by atoms with Crippen LogP contribution in [0, 0.1) is 11.8 Å². The predicted octanol–water partition coefficient (Wildman–Crippen LogP) is 7.34. The van der Waals surface area contributed by atoms with Gasteiger partial charge in [-0.1, -0.05) is 155 Å². The molecule has 0 aliphatic carbocycles. The van der Waals surface area contributed by atoms with Gasteiger partial charge in [0.05, 0.1) is 12.0 Å². The molecule has 4 aromatic carbocycles. The highest BCUT2D eigenvalue weighted by Crippen LogP contribution is 2.41. The van der Waals surface area contributed by atoms with Crippen LogP contribution < -0.4 is 37.2 Å². The van der Waals surface area contributed by atoms with Gasteiger partial charge in [-0.3, -0.25) is 33.6 Å². The van der Waals surface area contributed by atoms with E-state index in [9.17, 15) is 28.8 Å². The van der Waals surface area contributed by atoms with Crippen molar-refractivity contribution in [2.75, 3.05) is 6.54 Å². The molecule has 0 bridgehead atoms. The largest absolute Gasteiger partial charge is 0.460 e. The second-order valence-corrected chi connectivity index (χ2v) is 24.3. The van der Waals surface area contributed by atoms with Gasteiger partial charge in [-0.05, 0) is 108 Å². The molecule has 2 heterocycles. The Morgan fingerprint density at radius 1 is 0.612 bits per heavy atom. The van der Waals surface area contributed by atoms with Gasteiger partial charge in [0.15, 0.2) is 0 Å². The molecule has 456 valence electrons. The number of rotatable bonds is 26. The lowest BCUT2D eigenvalue weighted by atomic mass is 9.77. The molecule has 19 heteroatoms. The molecule has 7 amide bonds. The third-order valence-electron chi connectivity index (χ3n) is 14.6. The number of carbonyl (C=O) groups is 8. The standard InChI is InChI=1S/C66H87N9O10/c1-11-44(4)56(62(82)70-50-34-24-25-37-67-57(50)77)74-58(78)51(35-36-55(76)84-64(5,6)7)69-61(81)54(72-59(79)52(38-43(2)3)71-60(80)53(39-45-26-16-12-17-27-45)73-63(83)85-65(8,9)10)40-49-41-75(42-68-49)66(46-28-18-13-19-29-46,47-30-20-14-21-31-47)48-32-22-15-23-33-48/h12-23,26-33,41-44,50-54,56H,11,24-25,34-40H2,1-10H3,(H,67,77)(H,69,81)(H,70,82)(H,71,80)(H,72,79)(H,73,83)(H,74,78)/t44-,50-,51+,52-,53+,54-,56+/m0/s1. The number of carbonyl (C=O) groups excluding carboxylic acids is 8. The second kappa shape index (κ2) is 30.5. The number of ether oxygens (including phenoxy) is 2. The number of aromatic nitrogens is 2. The van der Waals surface area contributed by atoms with Crippen LogP contribution in [-0.2, 0) is 61.4 Å². The lowest BCUT2D eigenvalue weighted by molar-refractivity contribution is -0.155. The highest BCUT2D eigenvalue weighted by molar-refractivity contribution is 5.97. The summed E-state index contributed by atoms with van der Waals surface area (Å²) in [5.74, 6) is -5.29. The molecule has 1 aliphatic heterocycles. The number of nitrogens with zero attached hydrogens (tertiary/aromatic N) is 2. The van der Waals surface area contributed by atoms with Crippen molar-refractivity contribution in [3.63, 3.8) is 0 Å². The van der Waals surface area contributed by atoms with E-state index in [0.29, 0.717) is 31.5 Å². The molecule has 7 atom stereocenters. The van der Waals surface area contributed by atoms with E-state index in [4.69, 9.17) is 14.5 Å². The molecule has 1 aromatic heterocycles. The summed E-state index contributed by atoms with van der Waals surface area (Å²) >= 11 is 0. The summed E-state index contributed by atoms with van der Waals surface area (Å²) in [7, 11) is 0. The Morgan fingerprint density at radius 2 is 1.11 bits per heavy atom. The molecule has 1 fully saturated rings. The first-order chi connectivity index (χ1) is 40.4. The number of imidazole rings is 1. The summed E-state index contributed by atoms with van der Waals surface area (Å²) in [5.41, 5.74) is 1.01. The number of amides is 7. The van der Waals surface area contributed by atoms with Gasteiger partial charge in [0.1, 0.15) is 53.0 Å². The molecule has 19 nitrogen and oxygen atoms in total. The number of nitrogens with one attached hydrogen (secondary N) is 7. The van der Waals surface area contributed by atoms with Crippen molar-refractivity contribution in [1.82, 2.24) is 46.8 Å². The van der Waals surface area contributed by atoms with Gasteiger partial charge >= 0.3 is 12.1 Å². The Balaban J connectivity index is 1.41. The van der Waals surface area contributed by atoms with Gasteiger partial charge in [0, 0.05) is 32.0 Å². The molecule has 1 aliphatic rings. The summed E-state index contributed by atoms with van der Waals surface area (Å²) < 4.78 is 13.1. The minimum Gasteiger partial charge on any atom is -0.460 e. The lowest BCUT2D eigenvalue weighted by Gasteiger charge is -2.37. The first-order valence-corrected chi connectivity index (χ1v) is 29.6. The topological polar surface area (TPSA) is 257 Å². The molecule has 0 radical (unpaired) electrons. The van der Waals surface area contributed by atoms with E-state index in [1.54, 1.807) is 73.1 Å². The van der Waals surface area contributed by atoms with Crippen LogP contribution in [-0.4, -0.2) is 111 Å². The molecule has 1 saturated heterocycles. The Hall–Kier alpha value is -8.35. The van der Waals surface area contributed by atoms with Gasteiger partial charge in [0.2, 0.25) is 35.4 Å². The summed E-state index contributed by atoms with van der Waals surface area (Å²) in [5, 5.41) is 19.8. The van der Waals surface area contributed by atoms with E-state index in [1.165, 1.54) is 0 Å². The van der Waals surface area contributed by atoms with Gasteiger partial charge in [-0.25, -0.2) is 9.78 Å². The summed E-state index contributed by atoms with van der Waals surface area (Å²) in [4.78, 5) is 118. The quantitative estimate of drug-likeness (QED) is 0.0213. The Kier molecular flexibility index (Phi) is 23.6. The van der Waals surface area contributed by atoms with Gasteiger partial charge in [-0.2, -0.15) is 0 Å². The number of hydrogen-bond donors (Lipinski definition) is 7. The summed E-state index contributed by atoms with van der Waals surface area (Å²) in [6.07, 6.45) is 4.22. The zero-order valence-corrected chi connectivity index (χ0v) is 50.9. The minimum absolute atomic E-state index is 0.0499. The maximum absolute atomic E-state index is 15.4. The van der Waals surface area contributed by atoms with Crippen LogP contribution in [0.1, 0.15) is 142 Å². The zero-order valence-electron chi connectivity index (χ0n) is 50.9. The average molecular weight is 1170 g/mol. The smallest absolute Gasteiger partial charge is 0.408 e. The monoisotopic (exact) mass is 1170 g/mol. The third kappa shape index (κ3) is 19.3. The van der Waals surface area contributed by atoms with Crippen molar-refractivity contribution < 1.29 is 47.8 Å². The van der Waals surface area contributed by atoms with Crippen LogP contribution in [0.2, 0.25) is 0 Å². The highest BCUT2D eigenvalue weighted by Gasteiger charge is 2.40. The molecule has 0 unspecified atom stereocenters. The molecule has 7 N–H and O–H groups in total. The van der Waals surface area contributed by atoms with Crippen LogP contribution >= 0.6 is 0 Å². The van der Waals surface area contributed by atoms with E-state index in [-0.39, 0.29) is 43.9 Å². The van der Waals surface area contributed by atoms with Crippen LogP contribution in [0.3, 0.4) is 0 Å². The molecular weight excluding hydrogens is 1080 g/mol. The van der Waals surface area contributed by atoms with E-state index < -0.39 is 101 Å². The van der Waals surface area contributed by atoms with Crippen molar-refractivity contribution in [2.45, 2.75) is 180 Å². The van der Waals surface area contributed by atoms with Crippen LogP contribution in [0.5, 0.6) is 0 Å². The first-order valence-electron chi connectivity index (χ1n) is 29.6. The highest BCUT2D eigenvalue weighted by atomic mass is 16.6. The lowest BCUT2D eigenvalue weighted by Crippen LogP contribution is -2.61. The number of esters is 1. The molecule has 0 spiro atoms. The Morgan fingerprint density at radius 3 is 1.64 bits per heavy atom. The van der Waals surface area contributed by atoms with Crippen molar-refractivity contribution in [1.29, 1.82) is 0 Å². The van der Waals surface area contributed by atoms with Crippen molar-refractivity contribution in [2.24, 2.45) is 11.8 Å². The summed E-state index contributed by atoms with van der Waals surface area (Å²) in [6, 6.07) is 31.3. The SMILES string of the molecule is CC[C@H](C)[C@@H](NC(=O)[C@@H](CCC(=O)OC(C)(C)C)NC(=O)[C@H](Cc1cn(C(c2ccccc2)(c2ccccc2)c2ccccc2)cn1)NC(=O)[C@H](CC(C)C)NC(=O)[C@@H](Cc1ccccc1)NC(=O)OC(C)(C)C)C(=O)N[C@H]1CCCCNC1=O. The van der Waals surface area contributed by atoms with Gasteiger partial charge < -0.3 is 51.3 Å². The maximum Gasteiger partial charge on any atom is 0.408 e. The minimum atomic E-state index is -1.50. The Labute approximate surface area is 500 Å². The fraction of sp³-hybridized carbons (Fsp3) is 0.470. The average Bonchev–Trinajstić information content (AvgIpc) is 1.83. The normalized spacial score (nSPS) is 15.9. The fourth-order valence-corrected chi connectivity index (χ4v) is 10.3. The molecule has 85 heavy (non-hydrogen) atoms. The van der Waals surface area contributed by atoms with E-state index in [0.717, 1.165) is 28.7 Å². The van der Waals surface area contributed by atoms with Crippen LogP contribution in [0.25, 0.3) is 0 Å². The third-order valence-corrected chi connectivity index (χ3v) is 14.6. The van der Waals surface area contributed by atoms with Crippen LogP contribution in [0.15, 0.2) is 134 Å². The Bertz CT molecular complexity index is 2920. The van der Waals surface area contributed by atoms with Crippen molar-refractivity contribution in [3.8, 4) is 0 Å². The maximum atomic E-state index is 15.4. The van der Waals surface area contributed by atoms with Crippen LogP contribution in [0.4, 0.5) is 4.79 Å². The molecule has 0 saturated carbocycles. The summed E-state index contributed by atoms with van der Waals surface area (Å²) in [6.45, 7) is 18.1.